The van der Waals surface area contributed by atoms with Crippen molar-refractivity contribution >= 4 is 23.0 Å². The molecule has 0 amide bonds. The Labute approximate surface area is 172 Å². The molecule has 3 aromatic rings. The normalized spacial score (nSPS) is 10.9. The fourth-order valence-corrected chi connectivity index (χ4v) is 3.66. The third-order valence-electron chi connectivity index (χ3n) is 4.93. The van der Waals surface area contributed by atoms with Gasteiger partial charge in [-0.25, -0.2) is 0 Å². The third kappa shape index (κ3) is 4.63. The van der Waals surface area contributed by atoms with Gasteiger partial charge in [0.15, 0.2) is 11.5 Å². The van der Waals surface area contributed by atoms with Crippen LogP contribution in [-0.4, -0.2) is 9.97 Å². The molecule has 146 valence electrons. The van der Waals surface area contributed by atoms with E-state index in [9.17, 15) is 5.11 Å². The molecule has 0 unspecified atom stereocenters. The summed E-state index contributed by atoms with van der Waals surface area (Å²) in [6, 6.07) is 17.3. The fourth-order valence-electron chi connectivity index (χ4n) is 3.39. The average Bonchev–Trinajstić information content (AvgIpc) is 3.02. The summed E-state index contributed by atoms with van der Waals surface area (Å²) in [5, 5.41) is 10.8. The number of hydrogen-bond acceptors (Lipinski definition) is 4. The summed E-state index contributed by atoms with van der Waals surface area (Å²) >= 11 is 5.64. The Kier molecular flexibility index (Phi) is 6.88. The van der Waals surface area contributed by atoms with Crippen molar-refractivity contribution in [1.82, 2.24) is 0 Å². The van der Waals surface area contributed by atoms with Gasteiger partial charge in [-0.2, -0.15) is 0 Å². The van der Waals surface area contributed by atoms with E-state index < -0.39 is 0 Å². The molecule has 1 aromatic heterocycles. The number of thiocarbonyl (C=S) groups is 1. The summed E-state index contributed by atoms with van der Waals surface area (Å²) in [6.07, 6.45) is 7.02. The molecule has 0 atom stereocenters. The van der Waals surface area contributed by atoms with E-state index >= 15 is 0 Å². The predicted molar refractivity (Wildman–Crippen MR) is 121 cm³/mol. The maximum atomic E-state index is 10.8. The van der Waals surface area contributed by atoms with Crippen LogP contribution in [0.1, 0.15) is 51.0 Å². The smallest absolute Gasteiger partial charge is 0.202 e. The Morgan fingerprint density at radius 3 is 2.43 bits per heavy atom. The minimum atomic E-state index is 0.0614. The van der Waals surface area contributed by atoms with Crippen molar-refractivity contribution in [2.24, 2.45) is 0 Å². The van der Waals surface area contributed by atoms with E-state index in [1.54, 1.807) is 0 Å². The van der Waals surface area contributed by atoms with E-state index in [1.807, 2.05) is 54.6 Å². The summed E-state index contributed by atoms with van der Waals surface area (Å²) in [5.74, 6) is 0.655. The molecule has 0 spiro atoms. The van der Waals surface area contributed by atoms with Crippen LogP contribution >= 0.6 is 12.2 Å². The molecule has 28 heavy (non-hydrogen) atoms. The zero-order valence-corrected chi connectivity index (χ0v) is 17.1. The lowest BCUT2D eigenvalue weighted by Crippen LogP contribution is -1.98. The van der Waals surface area contributed by atoms with E-state index in [2.05, 4.69) is 6.92 Å². The zero-order chi connectivity index (χ0) is 19.9. The van der Waals surface area contributed by atoms with Gasteiger partial charge in [0.05, 0.1) is 5.56 Å². The molecule has 0 fully saturated rings. The first-order chi connectivity index (χ1) is 13.6. The molecule has 0 aliphatic carbocycles. The zero-order valence-electron chi connectivity index (χ0n) is 16.3. The summed E-state index contributed by atoms with van der Waals surface area (Å²) in [6.45, 7) is 2.22. The van der Waals surface area contributed by atoms with Gasteiger partial charge < -0.3 is 15.3 Å². The van der Waals surface area contributed by atoms with Crippen LogP contribution in [-0.2, 0) is 0 Å². The lowest BCUT2D eigenvalue weighted by molar-refractivity contribution is 0.467. The van der Waals surface area contributed by atoms with Crippen LogP contribution in [0.25, 0.3) is 22.5 Å². The van der Waals surface area contributed by atoms with Crippen LogP contribution in [0.2, 0.25) is 0 Å². The van der Waals surface area contributed by atoms with Gasteiger partial charge in [0.2, 0.25) is 5.88 Å². The van der Waals surface area contributed by atoms with Crippen molar-refractivity contribution < 1.29 is 9.52 Å². The van der Waals surface area contributed by atoms with Crippen molar-refractivity contribution in [2.45, 2.75) is 45.4 Å². The second kappa shape index (κ2) is 9.56. The second-order valence-corrected chi connectivity index (χ2v) is 7.55. The Hall–Kier alpha value is -2.59. The van der Waals surface area contributed by atoms with Gasteiger partial charge in [0, 0.05) is 10.4 Å². The molecular weight excluding hydrogens is 366 g/mol. The topological polar surface area (TPSA) is 59.4 Å². The van der Waals surface area contributed by atoms with Crippen molar-refractivity contribution in [3.63, 3.8) is 0 Å². The molecule has 0 saturated carbocycles. The minimum Gasteiger partial charge on any atom is -0.504 e. The van der Waals surface area contributed by atoms with E-state index in [4.69, 9.17) is 22.4 Å². The number of nitrogen functional groups attached to an aromatic ring is 1. The molecule has 2 aromatic carbocycles. The van der Waals surface area contributed by atoms with Crippen molar-refractivity contribution in [1.29, 1.82) is 0 Å². The quantitative estimate of drug-likeness (QED) is 0.234. The Morgan fingerprint density at radius 1 is 0.964 bits per heavy atom. The largest absolute Gasteiger partial charge is 0.504 e. The summed E-state index contributed by atoms with van der Waals surface area (Å²) < 4.78 is 5.68. The number of rotatable bonds is 9. The van der Waals surface area contributed by atoms with Gasteiger partial charge in [-0.1, -0.05) is 93.4 Å². The van der Waals surface area contributed by atoms with Crippen LogP contribution in [0.5, 0.6) is 5.75 Å². The van der Waals surface area contributed by atoms with Gasteiger partial charge >= 0.3 is 0 Å². The summed E-state index contributed by atoms with van der Waals surface area (Å²) in [7, 11) is 0. The molecule has 3 nitrogen and oxygen atoms in total. The molecule has 3 N–H and O–H groups in total. The van der Waals surface area contributed by atoms with Crippen LogP contribution in [0.4, 0.5) is 5.88 Å². The highest BCUT2D eigenvalue weighted by molar-refractivity contribution is 7.80. The van der Waals surface area contributed by atoms with Crippen LogP contribution in [0, 0.1) is 0 Å². The predicted octanol–water partition coefficient (Wildman–Crippen LogP) is 6.98. The van der Waals surface area contributed by atoms with Crippen LogP contribution < -0.4 is 5.73 Å². The van der Waals surface area contributed by atoms with Crippen LogP contribution in [0.3, 0.4) is 0 Å². The fraction of sp³-hybridized carbons (Fsp3) is 0.292. The van der Waals surface area contributed by atoms with Crippen molar-refractivity contribution in [3.8, 4) is 28.2 Å². The van der Waals surface area contributed by atoms with Gasteiger partial charge in [-0.15, -0.1) is 0 Å². The number of anilines is 1. The van der Waals surface area contributed by atoms with Gasteiger partial charge in [0.1, 0.15) is 0 Å². The van der Waals surface area contributed by atoms with E-state index in [0.717, 1.165) is 34.4 Å². The molecular formula is C24H27NO2S. The molecule has 0 radical (unpaired) electrons. The standard InChI is InChI=1S/C24H27NO2S/c1-2-3-4-5-9-15-20(28)18-13-10-14-19(16-18)21-22(26)23(27-24(21)25)17-11-7-6-8-12-17/h6-8,10-14,16,26H,2-5,9,15,25H2,1H3. The summed E-state index contributed by atoms with van der Waals surface area (Å²) in [5.41, 5.74) is 9.23. The molecule has 4 heteroatoms. The first-order valence-electron chi connectivity index (χ1n) is 9.92. The number of aromatic hydroxyl groups is 1. The summed E-state index contributed by atoms with van der Waals surface area (Å²) in [4.78, 5) is 0.947. The Bertz CT molecular complexity index is 931. The van der Waals surface area contributed by atoms with E-state index in [-0.39, 0.29) is 11.6 Å². The number of nitrogens with two attached hydrogens (primary N) is 1. The van der Waals surface area contributed by atoms with E-state index in [1.165, 1.54) is 25.7 Å². The number of furan rings is 1. The van der Waals surface area contributed by atoms with Gasteiger partial charge in [-0.05, 0) is 30.0 Å². The first kappa shape index (κ1) is 20.2. The SMILES string of the molecule is CCCCCCCC(=S)c1cccc(-c2c(N)oc(-c3ccccc3)c2O)c1. The van der Waals surface area contributed by atoms with E-state index in [0.29, 0.717) is 11.3 Å². The van der Waals surface area contributed by atoms with Crippen molar-refractivity contribution in [3.05, 3.63) is 60.2 Å². The van der Waals surface area contributed by atoms with Gasteiger partial charge in [-0.3, -0.25) is 0 Å². The maximum Gasteiger partial charge on any atom is 0.202 e. The molecule has 0 aliphatic heterocycles. The Balaban J connectivity index is 1.81. The lowest BCUT2D eigenvalue weighted by atomic mass is 9.99. The first-order valence-corrected chi connectivity index (χ1v) is 10.3. The molecule has 0 aliphatic rings. The molecule has 1 heterocycles. The highest BCUT2D eigenvalue weighted by Crippen LogP contribution is 2.45. The second-order valence-electron chi connectivity index (χ2n) is 7.05. The molecule has 0 saturated heterocycles. The third-order valence-corrected chi connectivity index (χ3v) is 5.37. The molecule has 0 bridgehead atoms. The van der Waals surface area contributed by atoms with Crippen molar-refractivity contribution in [2.75, 3.05) is 5.73 Å². The number of hydrogen-bond donors (Lipinski definition) is 2. The molecule has 3 rings (SSSR count). The lowest BCUT2D eigenvalue weighted by Gasteiger charge is -2.07. The number of unbranched alkanes of at least 4 members (excludes halogenated alkanes) is 4. The Morgan fingerprint density at radius 2 is 1.68 bits per heavy atom. The maximum absolute atomic E-state index is 10.8. The highest BCUT2D eigenvalue weighted by Gasteiger charge is 2.21. The number of benzene rings is 2. The van der Waals surface area contributed by atoms with Crippen LogP contribution in [0.15, 0.2) is 59.0 Å². The average molecular weight is 394 g/mol. The highest BCUT2D eigenvalue weighted by atomic mass is 32.1. The monoisotopic (exact) mass is 393 g/mol. The van der Waals surface area contributed by atoms with Gasteiger partial charge in [0.25, 0.3) is 0 Å². The minimum absolute atomic E-state index is 0.0614.